The van der Waals surface area contributed by atoms with E-state index in [9.17, 15) is 4.79 Å². The molecule has 0 aromatic heterocycles. The Morgan fingerprint density at radius 3 is 2.42 bits per heavy atom. The number of rotatable bonds is 2. The van der Waals surface area contributed by atoms with E-state index in [1.54, 1.807) is 0 Å². The first-order valence-electron chi connectivity index (χ1n) is 9.20. The number of likely N-dealkylation sites (tertiary alicyclic amines) is 1. The second kappa shape index (κ2) is 6.56. The molecule has 2 aromatic carbocycles. The van der Waals surface area contributed by atoms with Gasteiger partial charge in [0.1, 0.15) is 0 Å². The third-order valence-corrected chi connectivity index (χ3v) is 5.97. The van der Waals surface area contributed by atoms with Crippen molar-refractivity contribution >= 4 is 16.7 Å². The number of carbonyl (C=O) groups is 1. The summed E-state index contributed by atoms with van der Waals surface area (Å²) >= 11 is 0. The van der Waals surface area contributed by atoms with E-state index in [-0.39, 0.29) is 5.92 Å². The van der Waals surface area contributed by atoms with Crippen molar-refractivity contribution in [3.05, 3.63) is 48.0 Å². The van der Waals surface area contributed by atoms with Crippen LogP contribution in [0.2, 0.25) is 0 Å². The van der Waals surface area contributed by atoms with E-state index in [0.717, 1.165) is 56.4 Å². The Labute approximate surface area is 144 Å². The molecule has 2 fully saturated rings. The molecule has 0 spiro atoms. The maximum absolute atomic E-state index is 13.0. The lowest BCUT2D eigenvalue weighted by atomic mass is 9.92. The fourth-order valence-electron chi connectivity index (χ4n) is 4.33. The lowest BCUT2D eigenvalue weighted by molar-refractivity contribution is -0.132. The molecule has 3 nitrogen and oxygen atoms in total. The molecule has 24 heavy (non-hydrogen) atoms. The molecule has 4 rings (SSSR count). The summed E-state index contributed by atoms with van der Waals surface area (Å²) in [6.07, 6.45) is 2.29. The van der Waals surface area contributed by atoms with Crippen molar-refractivity contribution < 1.29 is 4.79 Å². The fraction of sp³-hybridized carbons (Fsp3) is 0.476. The zero-order valence-corrected chi connectivity index (χ0v) is 14.4. The second-order valence-corrected chi connectivity index (χ2v) is 7.41. The van der Waals surface area contributed by atoms with E-state index < -0.39 is 0 Å². The first kappa shape index (κ1) is 15.6. The van der Waals surface area contributed by atoms with Crippen molar-refractivity contribution in [2.24, 2.45) is 11.8 Å². The largest absolute Gasteiger partial charge is 0.342 e. The predicted molar refractivity (Wildman–Crippen MR) is 98.0 cm³/mol. The van der Waals surface area contributed by atoms with Gasteiger partial charge in [-0.1, -0.05) is 42.5 Å². The van der Waals surface area contributed by atoms with Crippen LogP contribution in [-0.4, -0.2) is 37.0 Å². The van der Waals surface area contributed by atoms with Gasteiger partial charge in [0, 0.05) is 13.1 Å². The minimum atomic E-state index is -0.0642. The quantitative estimate of drug-likeness (QED) is 0.919. The minimum Gasteiger partial charge on any atom is -0.342 e. The number of fused-ring (bicyclic) bond motifs is 2. The lowest BCUT2D eigenvalue weighted by Crippen LogP contribution is -2.35. The van der Waals surface area contributed by atoms with Gasteiger partial charge in [-0.05, 0) is 61.0 Å². The highest BCUT2D eigenvalue weighted by molar-refractivity contribution is 5.87. The average Bonchev–Trinajstić information content (AvgIpc) is 2.98. The van der Waals surface area contributed by atoms with Gasteiger partial charge in [-0.2, -0.15) is 0 Å². The smallest absolute Gasteiger partial charge is 0.229 e. The number of amides is 1. The van der Waals surface area contributed by atoms with Crippen LogP contribution < -0.4 is 5.32 Å². The van der Waals surface area contributed by atoms with Crippen molar-refractivity contribution in [1.29, 1.82) is 0 Å². The number of carbonyl (C=O) groups excluding carboxylic acids is 1. The van der Waals surface area contributed by atoms with Crippen LogP contribution in [0.5, 0.6) is 0 Å². The average molecular weight is 322 g/mol. The molecule has 1 unspecified atom stereocenters. The van der Waals surface area contributed by atoms with Crippen molar-refractivity contribution in [1.82, 2.24) is 10.2 Å². The summed E-state index contributed by atoms with van der Waals surface area (Å²) in [5, 5.41) is 5.94. The molecule has 126 valence electrons. The Balaban J connectivity index is 1.50. The summed E-state index contributed by atoms with van der Waals surface area (Å²) in [5.41, 5.74) is 1.13. The number of benzene rings is 2. The van der Waals surface area contributed by atoms with Crippen molar-refractivity contribution in [2.45, 2.75) is 25.7 Å². The van der Waals surface area contributed by atoms with E-state index in [0.29, 0.717) is 5.91 Å². The molecule has 2 aliphatic heterocycles. The van der Waals surface area contributed by atoms with Gasteiger partial charge in [0.05, 0.1) is 5.92 Å². The molecule has 2 aliphatic rings. The Morgan fingerprint density at radius 1 is 1.04 bits per heavy atom. The first-order valence-corrected chi connectivity index (χ1v) is 9.20. The van der Waals surface area contributed by atoms with Crippen LogP contribution in [0.25, 0.3) is 10.8 Å². The molecule has 2 heterocycles. The highest BCUT2D eigenvalue weighted by Crippen LogP contribution is 2.29. The van der Waals surface area contributed by atoms with Gasteiger partial charge in [-0.25, -0.2) is 0 Å². The molecule has 2 aromatic rings. The van der Waals surface area contributed by atoms with Crippen LogP contribution in [0.15, 0.2) is 42.5 Å². The Morgan fingerprint density at radius 2 is 1.71 bits per heavy atom. The summed E-state index contributed by atoms with van der Waals surface area (Å²) in [6.45, 7) is 6.15. The maximum atomic E-state index is 13.0. The summed E-state index contributed by atoms with van der Waals surface area (Å²) in [7, 11) is 0. The molecule has 0 radical (unpaired) electrons. The topological polar surface area (TPSA) is 32.3 Å². The monoisotopic (exact) mass is 322 g/mol. The zero-order valence-electron chi connectivity index (χ0n) is 14.4. The Hall–Kier alpha value is -1.87. The van der Waals surface area contributed by atoms with Crippen molar-refractivity contribution in [2.75, 3.05) is 26.2 Å². The van der Waals surface area contributed by atoms with Crippen LogP contribution >= 0.6 is 0 Å². The van der Waals surface area contributed by atoms with E-state index in [4.69, 9.17) is 0 Å². The molecule has 2 saturated heterocycles. The van der Waals surface area contributed by atoms with Gasteiger partial charge >= 0.3 is 0 Å². The highest BCUT2D eigenvalue weighted by Gasteiger charge is 2.32. The molecule has 0 aliphatic carbocycles. The van der Waals surface area contributed by atoms with E-state index in [2.05, 4.69) is 59.6 Å². The number of hydrogen-bond acceptors (Lipinski definition) is 2. The number of nitrogens with zero attached hydrogens (tertiary/aromatic N) is 1. The van der Waals surface area contributed by atoms with Crippen LogP contribution in [0, 0.1) is 11.8 Å². The van der Waals surface area contributed by atoms with Gasteiger partial charge < -0.3 is 10.2 Å². The SMILES string of the molecule is CC(C(=O)N1CC[C@@H]2CNC[C@@H]2CC1)c1ccc2ccccc2c1. The van der Waals surface area contributed by atoms with E-state index in [1.807, 2.05) is 0 Å². The summed E-state index contributed by atoms with van der Waals surface area (Å²) < 4.78 is 0. The first-order chi connectivity index (χ1) is 11.7. The van der Waals surface area contributed by atoms with Gasteiger partial charge in [0.25, 0.3) is 0 Å². The second-order valence-electron chi connectivity index (χ2n) is 7.41. The van der Waals surface area contributed by atoms with E-state index >= 15 is 0 Å². The van der Waals surface area contributed by atoms with Gasteiger partial charge in [-0.3, -0.25) is 4.79 Å². The summed E-state index contributed by atoms with van der Waals surface area (Å²) in [5.74, 6) is 1.75. The van der Waals surface area contributed by atoms with Crippen molar-refractivity contribution in [3.8, 4) is 0 Å². The van der Waals surface area contributed by atoms with Gasteiger partial charge in [0.2, 0.25) is 5.91 Å². The molecule has 3 atom stereocenters. The minimum absolute atomic E-state index is 0.0642. The zero-order chi connectivity index (χ0) is 16.5. The molecule has 3 heteroatoms. The predicted octanol–water partition coefficient (Wildman–Crippen LogP) is 3.40. The van der Waals surface area contributed by atoms with Crippen LogP contribution in [0.4, 0.5) is 0 Å². The van der Waals surface area contributed by atoms with Crippen molar-refractivity contribution in [3.63, 3.8) is 0 Å². The summed E-state index contributed by atoms with van der Waals surface area (Å²) in [4.78, 5) is 15.1. The van der Waals surface area contributed by atoms with Crippen LogP contribution in [-0.2, 0) is 4.79 Å². The fourth-order valence-corrected chi connectivity index (χ4v) is 4.33. The van der Waals surface area contributed by atoms with Gasteiger partial charge in [0.15, 0.2) is 0 Å². The third-order valence-electron chi connectivity index (χ3n) is 5.97. The highest BCUT2D eigenvalue weighted by atomic mass is 16.2. The normalized spacial score (nSPS) is 25.3. The molecule has 0 bridgehead atoms. The van der Waals surface area contributed by atoms with Crippen LogP contribution in [0.1, 0.15) is 31.2 Å². The summed E-state index contributed by atoms with van der Waals surface area (Å²) in [6, 6.07) is 14.8. The molecule has 1 N–H and O–H groups in total. The maximum Gasteiger partial charge on any atom is 0.229 e. The van der Waals surface area contributed by atoms with E-state index in [1.165, 1.54) is 10.8 Å². The Bertz CT molecular complexity index is 727. The molecule has 1 amide bonds. The third kappa shape index (κ3) is 2.93. The van der Waals surface area contributed by atoms with Crippen LogP contribution in [0.3, 0.4) is 0 Å². The molecular weight excluding hydrogens is 296 g/mol. The molecule has 0 saturated carbocycles. The number of nitrogens with one attached hydrogen (secondary N) is 1. The Kier molecular flexibility index (Phi) is 4.28. The molecular formula is C21H26N2O. The van der Waals surface area contributed by atoms with Gasteiger partial charge in [-0.15, -0.1) is 0 Å². The number of hydrogen-bond donors (Lipinski definition) is 1. The lowest BCUT2D eigenvalue weighted by Gasteiger charge is -2.25. The standard InChI is InChI=1S/C21H26N2O/c1-15(17-7-6-16-4-2-3-5-18(16)12-17)21(24)23-10-8-19-13-22-14-20(19)9-11-23/h2-7,12,15,19-20,22H,8-11,13-14H2,1H3/t15?,19-,20+.